The summed E-state index contributed by atoms with van der Waals surface area (Å²) in [4.78, 5) is 34.2. The summed E-state index contributed by atoms with van der Waals surface area (Å²) < 4.78 is 6.00. The lowest BCUT2D eigenvalue weighted by molar-refractivity contribution is 0.0584. The van der Waals surface area contributed by atoms with Crippen molar-refractivity contribution in [3.63, 3.8) is 0 Å². The largest absolute Gasteiger partial charge is 0.474 e. The highest BCUT2D eigenvalue weighted by molar-refractivity contribution is 5.94. The summed E-state index contributed by atoms with van der Waals surface area (Å²) in [6, 6.07) is 5.68. The molecule has 3 heterocycles. The van der Waals surface area contributed by atoms with Crippen molar-refractivity contribution in [2.75, 3.05) is 13.1 Å². The average molecular weight is 367 g/mol. The maximum atomic E-state index is 12.9. The van der Waals surface area contributed by atoms with E-state index in [9.17, 15) is 9.59 Å². The van der Waals surface area contributed by atoms with Crippen LogP contribution in [0.3, 0.4) is 0 Å². The highest BCUT2D eigenvalue weighted by atomic mass is 16.5. The smallest absolute Gasteiger partial charge is 0.261 e. The van der Waals surface area contributed by atoms with Crippen LogP contribution in [0.25, 0.3) is 0 Å². The number of piperidine rings is 1. The van der Waals surface area contributed by atoms with Crippen LogP contribution in [0.1, 0.15) is 52.9 Å². The summed E-state index contributed by atoms with van der Waals surface area (Å²) in [6.45, 7) is 3.15. The highest BCUT2D eigenvalue weighted by Crippen LogP contribution is 2.22. The Kier molecular flexibility index (Phi) is 4.97. The number of likely N-dealkylation sites (tertiary alicyclic amines) is 1. The van der Waals surface area contributed by atoms with Crippen molar-refractivity contribution in [1.82, 2.24) is 14.9 Å². The topological polar surface area (TPSA) is 75.3 Å². The number of fused-ring (bicyclic) bond motifs is 1. The number of carbonyl (C=O) groups excluding carboxylic acids is 1. The number of ether oxygens (including phenoxy) is 1. The van der Waals surface area contributed by atoms with Gasteiger partial charge in [-0.05, 0) is 50.3 Å². The van der Waals surface area contributed by atoms with E-state index in [2.05, 4.69) is 9.97 Å². The van der Waals surface area contributed by atoms with Crippen LogP contribution >= 0.6 is 0 Å². The zero-order valence-electron chi connectivity index (χ0n) is 15.7. The van der Waals surface area contributed by atoms with Crippen LogP contribution in [0.2, 0.25) is 0 Å². The number of hydrogen-bond donors (Lipinski definition) is 1. The molecule has 1 aliphatic heterocycles. The van der Waals surface area contributed by atoms with Gasteiger partial charge >= 0.3 is 0 Å². The number of nitrogens with one attached hydrogen (secondary N) is 1. The van der Waals surface area contributed by atoms with Gasteiger partial charge in [0.1, 0.15) is 11.7 Å². The van der Waals surface area contributed by atoms with Crippen LogP contribution < -0.4 is 10.3 Å². The van der Waals surface area contributed by atoms with E-state index in [4.69, 9.17) is 4.74 Å². The summed E-state index contributed by atoms with van der Waals surface area (Å²) in [5, 5.41) is 0. The maximum Gasteiger partial charge on any atom is 0.261 e. The van der Waals surface area contributed by atoms with Gasteiger partial charge in [-0.25, -0.2) is 4.98 Å². The molecule has 1 N–H and O–H groups in total. The molecule has 0 bridgehead atoms. The summed E-state index contributed by atoms with van der Waals surface area (Å²) >= 11 is 0. The van der Waals surface area contributed by atoms with Gasteiger partial charge in [0.25, 0.3) is 11.5 Å². The number of amides is 1. The molecule has 0 aromatic carbocycles. The lowest BCUT2D eigenvalue weighted by Crippen LogP contribution is -2.43. The number of hydrogen-bond acceptors (Lipinski definition) is 4. The molecule has 1 fully saturated rings. The van der Waals surface area contributed by atoms with E-state index < -0.39 is 0 Å². The summed E-state index contributed by atoms with van der Waals surface area (Å²) in [5.74, 6) is 0.491. The predicted molar refractivity (Wildman–Crippen MR) is 102 cm³/mol. The fraction of sp³-hybridized carbons (Fsp3) is 0.476. The quantitative estimate of drug-likeness (QED) is 0.905. The Morgan fingerprint density at radius 2 is 2.04 bits per heavy atom. The van der Waals surface area contributed by atoms with E-state index in [0.717, 1.165) is 55.3 Å². The van der Waals surface area contributed by atoms with Crippen LogP contribution in [-0.4, -0.2) is 40.0 Å². The van der Waals surface area contributed by atoms with Crippen molar-refractivity contribution in [2.45, 2.75) is 51.6 Å². The van der Waals surface area contributed by atoms with Crippen LogP contribution in [0, 0.1) is 6.92 Å². The highest BCUT2D eigenvalue weighted by Gasteiger charge is 2.27. The summed E-state index contributed by atoms with van der Waals surface area (Å²) in [6.07, 6.45) is 7.30. The SMILES string of the molecule is Cc1cccnc1OC1CCN(C(=O)c2cc3c([nH]c2=O)CCCC3)CC1. The van der Waals surface area contributed by atoms with Crippen molar-refractivity contribution in [2.24, 2.45) is 0 Å². The van der Waals surface area contributed by atoms with E-state index in [-0.39, 0.29) is 23.1 Å². The third kappa shape index (κ3) is 3.75. The van der Waals surface area contributed by atoms with Gasteiger partial charge in [-0.15, -0.1) is 0 Å². The second-order valence-corrected chi connectivity index (χ2v) is 7.46. The van der Waals surface area contributed by atoms with Gasteiger partial charge in [0.2, 0.25) is 5.88 Å². The average Bonchev–Trinajstić information content (AvgIpc) is 2.69. The molecule has 4 rings (SSSR count). The molecule has 1 amide bonds. The molecule has 2 aromatic heterocycles. The van der Waals surface area contributed by atoms with Gasteiger partial charge in [-0.3, -0.25) is 9.59 Å². The van der Waals surface area contributed by atoms with Gasteiger partial charge in [0, 0.05) is 43.4 Å². The standard InChI is InChI=1S/C21H25N3O3/c1-14-5-4-10-22-20(14)27-16-8-11-24(12-9-16)21(26)17-13-15-6-2-3-7-18(15)23-19(17)25/h4-5,10,13,16H,2-3,6-9,11-12H2,1H3,(H,23,25). The minimum absolute atomic E-state index is 0.0458. The molecule has 1 aliphatic carbocycles. The van der Waals surface area contributed by atoms with Gasteiger partial charge in [0.15, 0.2) is 0 Å². The van der Waals surface area contributed by atoms with Crippen molar-refractivity contribution >= 4 is 5.91 Å². The number of aromatic amines is 1. The lowest BCUT2D eigenvalue weighted by Gasteiger charge is -2.32. The van der Waals surface area contributed by atoms with Crippen LogP contribution in [0.15, 0.2) is 29.2 Å². The fourth-order valence-electron chi connectivity index (χ4n) is 3.93. The molecule has 0 unspecified atom stereocenters. The molecule has 2 aliphatic rings. The molecule has 142 valence electrons. The van der Waals surface area contributed by atoms with E-state index in [0.29, 0.717) is 19.0 Å². The molecule has 6 heteroatoms. The normalized spacial score (nSPS) is 17.4. The molecule has 0 saturated carbocycles. The molecular weight excluding hydrogens is 342 g/mol. The minimum Gasteiger partial charge on any atom is -0.474 e. The Labute approximate surface area is 158 Å². The van der Waals surface area contributed by atoms with Gasteiger partial charge < -0.3 is 14.6 Å². The second kappa shape index (κ2) is 7.55. The van der Waals surface area contributed by atoms with Crippen LogP contribution in [0.4, 0.5) is 0 Å². The zero-order valence-corrected chi connectivity index (χ0v) is 15.7. The van der Waals surface area contributed by atoms with Crippen molar-refractivity contribution in [3.05, 3.63) is 57.1 Å². The maximum absolute atomic E-state index is 12.9. The number of aryl methyl sites for hydroxylation is 3. The number of rotatable bonds is 3. The summed E-state index contributed by atoms with van der Waals surface area (Å²) in [7, 11) is 0. The molecule has 1 saturated heterocycles. The van der Waals surface area contributed by atoms with E-state index in [1.54, 1.807) is 11.1 Å². The third-order valence-electron chi connectivity index (χ3n) is 5.54. The van der Waals surface area contributed by atoms with Crippen molar-refractivity contribution in [1.29, 1.82) is 0 Å². The second-order valence-electron chi connectivity index (χ2n) is 7.46. The van der Waals surface area contributed by atoms with Crippen LogP contribution in [0.5, 0.6) is 5.88 Å². The van der Waals surface area contributed by atoms with Gasteiger partial charge in [-0.1, -0.05) is 6.07 Å². The first-order valence-corrected chi connectivity index (χ1v) is 9.74. The first-order chi connectivity index (χ1) is 13.1. The zero-order chi connectivity index (χ0) is 18.8. The third-order valence-corrected chi connectivity index (χ3v) is 5.54. The Bertz CT molecular complexity index is 898. The predicted octanol–water partition coefficient (Wildman–Crippen LogP) is 2.64. The first kappa shape index (κ1) is 17.8. The van der Waals surface area contributed by atoms with E-state index >= 15 is 0 Å². The van der Waals surface area contributed by atoms with Crippen LogP contribution in [-0.2, 0) is 12.8 Å². The summed E-state index contributed by atoms with van der Waals surface area (Å²) in [5.41, 5.74) is 3.14. The lowest BCUT2D eigenvalue weighted by atomic mass is 9.94. The molecule has 27 heavy (non-hydrogen) atoms. The number of H-pyrrole nitrogens is 1. The molecule has 0 radical (unpaired) electrons. The number of nitrogens with zero attached hydrogens (tertiary/aromatic N) is 2. The van der Waals surface area contributed by atoms with Gasteiger partial charge in [-0.2, -0.15) is 0 Å². The number of carbonyl (C=O) groups is 1. The first-order valence-electron chi connectivity index (χ1n) is 9.74. The van der Waals surface area contributed by atoms with Crippen molar-refractivity contribution < 1.29 is 9.53 Å². The Morgan fingerprint density at radius 1 is 1.26 bits per heavy atom. The monoisotopic (exact) mass is 367 g/mol. The molecular formula is C21H25N3O3. The number of pyridine rings is 2. The Balaban J connectivity index is 1.42. The van der Waals surface area contributed by atoms with E-state index in [1.807, 2.05) is 25.1 Å². The molecule has 0 atom stereocenters. The van der Waals surface area contributed by atoms with Crippen molar-refractivity contribution in [3.8, 4) is 5.88 Å². The fourth-order valence-corrected chi connectivity index (χ4v) is 3.93. The van der Waals surface area contributed by atoms with Gasteiger partial charge in [0.05, 0.1) is 0 Å². The molecule has 0 spiro atoms. The van der Waals surface area contributed by atoms with E-state index in [1.165, 1.54) is 0 Å². The number of aromatic nitrogens is 2. The Morgan fingerprint density at radius 3 is 2.81 bits per heavy atom. The Hall–Kier alpha value is -2.63. The molecule has 2 aromatic rings. The minimum atomic E-state index is -0.261. The molecule has 6 nitrogen and oxygen atoms in total.